The molecule has 1 heterocycles. The first-order valence-electron chi connectivity index (χ1n) is 9.10. The van der Waals surface area contributed by atoms with E-state index in [9.17, 15) is 8.42 Å². The largest absolute Gasteiger partial charge is 0.324 e. The molecule has 1 fully saturated rings. The molecule has 1 rings (SSSR count). The molecule has 0 spiro atoms. The summed E-state index contributed by atoms with van der Waals surface area (Å²) >= 11 is 0. The van der Waals surface area contributed by atoms with Crippen LogP contribution in [0.15, 0.2) is 0 Å². The maximum Gasteiger partial charge on any atom is 0.261 e. The van der Waals surface area contributed by atoms with Crippen LogP contribution >= 0.6 is 0 Å². The molecule has 1 N–H and O–H groups in total. The van der Waals surface area contributed by atoms with Gasteiger partial charge in [0.1, 0.15) is 0 Å². The van der Waals surface area contributed by atoms with E-state index in [2.05, 4.69) is 13.8 Å². The van der Waals surface area contributed by atoms with Crippen molar-refractivity contribution in [3.8, 4) is 0 Å². The smallest absolute Gasteiger partial charge is 0.261 e. The monoisotopic (exact) mass is 336 g/mol. The number of likely N-dealkylation sites (tertiary alicyclic amines) is 1. The minimum absolute atomic E-state index is 0.715. The van der Waals surface area contributed by atoms with Crippen molar-refractivity contribution in [3.05, 3.63) is 0 Å². The second-order valence-corrected chi connectivity index (χ2v) is 8.26. The molecule has 0 saturated carbocycles. The van der Waals surface area contributed by atoms with Crippen molar-refractivity contribution in [1.29, 1.82) is 0 Å². The fourth-order valence-electron chi connectivity index (χ4n) is 3.44. The molecule has 0 amide bonds. The van der Waals surface area contributed by atoms with E-state index in [4.69, 9.17) is 4.55 Å². The Bertz CT molecular complexity index is 335. The highest BCUT2D eigenvalue weighted by molar-refractivity contribution is 7.85. The van der Waals surface area contributed by atoms with Gasteiger partial charge in [-0.3, -0.25) is 4.55 Å². The molecule has 0 unspecified atom stereocenters. The summed E-state index contributed by atoms with van der Waals surface area (Å²) in [5.41, 5.74) is 0. The molecule has 0 aliphatic carbocycles. The van der Waals surface area contributed by atoms with Crippen LogP contribution in [0.4, 0.5) is 0 Å². The summed E-state index contributed by atoms with van der Waals surface area (Å²) in [5.74, 6) is 0. The van der Waals surface area contributed by atoms with E-state index in [-0.39, 0.29) is 0 Å². The lowest BCUT2D eigenvalue weighted by molar-refractivity contribution is -0.932. The number of hydrogen-bond acceptors (Lipinski definition) is 2. The van der Waals surface area contributed by atoms with E-state index in [1.807, 2.05) is 0 Å². The quantitative estimate of drug-likeness (QED) is 0.389. The number of rotatable bonds is 9. The first kappa shape index (κ1) is 21.9. The summed E-state index contributed by atoms with van der Waals surface area (Å²) in [6, 6.07) is 0. The molecule has 0 aromatic carbocycles. The number of quaternary nitrogens is 1. The average molecular weight is 337 g/mol. The summed E-state index contributed by atoms with van der Waals surface area (Å²) in [5, 5.41) is 0. The van der Waals surface area contributed by atoms with Crippen molar-refractivity contribution in [2.75, 3.05) is 32.4 Å². The molecular weight excluding hydrogens is 298 g/mol. The van der Waals surface area contributed by atoms with E-state index in [0.29, 0.717) is 6.26 Å². The summed E-state index contributed by atoms with van der Waals surface area (Å²) in [4.78, 5) is 0. The third-order valence-electron chi connectivity index (χ3n) is 4.45. The Morgan fingerprint density at radius 1 is 0.818 bits per heavy atom. The normalized spacial score (nSPS) is 17.6. The molecule has 1 aliphatic rings. The summed E-state index contributed by atoms with van der Waals surface area (Å²) in [6.45, 7) is 10.5. The standard InChI is InChI=1S/C16H34N.CH4O3S/c1-3-5-6-7-8-10-14-17(13-4-2)15-11-9-12-16-17;1-5(2,3)4/h3-16H2,1-2H3;1H3,(H,2,3,4)/q+1;. The van der Waals surface area contributed by atoms with Gasteiger partial charge in [0.2, 0.25) is 0 Å². The Kier molecular flexibility index (Phi) is 12.2. The van der Waals surface area contributed by atoms with Crippen molar-refractivity contribution >= 4 is 10.1 Å². The maximum absolute atomic E-state index is 9.19. The summed E-state index contributed by atoms with van der Waals surface area (Å²) < 4.78 is 27.3. The molecule has 1 aliphatic heterocycles. The first-order valence-corrected chi connectivity index (χ1v) is 11.0. The van der Waals surface area contributed by atoms with Crippen molar-refractivity contribution in [2.45, 2.75) is 78.1 Å². The van der Waals surface area contributed by atoms with E-state index in [1.165, 1.54) is 94.9 Å². The van der Waals surface area contributed by atoms with Gasteiger partial charge in [0.25, 0.3) is 10.1 Å². The minimum Gasteiger partial charge on any atom is -0.324 e. The Labute approximate surface area is 138 Å². The van der Waals surface area contributed by atoms with Gasteiger partial charge in [-0.15, -0.1) is 0 Å². The predicted octanol–water partition coefficient (Wildman–Crippen LogP) is 4.26. The zero-order chi connectivity index (χ0) is 16.9. The van der Waals surface area contributed by atoms with Gasteiger partial charge in [-0.2, -0.15) is 8.42 Å². The SMILES string of the molecule is CCCCCCCC[N+]1(CCC)CCCCC1.CS(=O)(=O)O. The lowest BCUT2D eigenvalue weighted by Gasteiger charge is -2.41. The van der Waals surface area contributed by atoms with Crippen LogP contribution < -0.4 is 0 Å². The number of hydrogen-bond donors (Lipinski definition) is 1. The highest BCUT2D eigenvalue weighted by atomic mass is 32.2. The molecule has 0 aromatic rings. The van der Waals surface area contributed by atoms with Crippen LogP contribution in [0.25, 0.3) is 0 Å². The zero-order valence-electron chi connectivity index (χ0n) is 15.0. The van der Waals surface area contributed by atoms with Gasteiger partial charge in [-0.25, -0.2) is 0 Å². The van der Waals surface area contributed by atoms with Crippen LogP contribution in [0.1, 0.15) is 78.1 Å². The molecule has 1 saturated heterocycles. The fraction of sp³-hybridized carbons (Fsp3) is 1.00. The molecule has 22 heavy (non-hydrogen) atoms. The van der Waals surface area contributed by atoms with Gasteiger partial charge >= 0.3 is 0 Å². The Morgan fingerprint density at radius 2 is 1.32 bits per heavy atom. The number of nitrogens with zero attached hydrogens (tertiary/aromatic N) is 1. The average Bonchev–Trinajstić information content (AvgIpc) is 2.42. The Balaban J connectivity index is 0.000000763. The van der Waals surface area contributed by atoms with Crippen LogP contribution in [0.5, 0.6) is 0 Å². The van der Waals surface area contributed by atoms with Crippen molar-refractivity contribution in [2.24, 2.45) is 0 Å². The van der Waals surface area contributed by atoms with Crippen molar-refractivity contribution in [1.82, 2.24) is 0 Å². The van der Waals surface area contributed by atoms with Crippen molar-refractivity contribution < 1.29 is 17.5 Å². The lowest BCUT2D eigenvalue weighted by atomic mass is 10.0. The topological polar surface area (TPSA) is 54.4 Å². The summed E-state index contributed by atoms with van der Waals surface area (Å²) in [7, 11) is -3.67. The van der Waals surface area contributed by atoms with Crippen LogP contribution in [-0.2, 0) is 10.1 Å². The van der Waals surface area contributed by atoms with Gasteiger partial charge in [0.15, 0.2) is 0 Å². The molecule has 4 nitrogen and oxygen atoms in total. The molecule has 0 aromatic heterocycles. The van der Waals surface area contributed by atoms with Gasteiger partial charge in [0, 0.05) is 0 Å². The predicted molar refractivity (Wildman–Crippen MR) is 94.7 cm³/mol. The molecule has 5 heteroatoms. The van der Waals surface area contributed by atoms with Crippen LogP contribution in [0, 0.1) is 0 Å². The Morgan fingerprint density at radius 3 is 1.82 bits per heavy atom. The van der Waals surface area contributed by atoms with Gasteiger partial charge in [-0.05, 0) is 38.5 Å². The zero-order valence-corrected chi connectivity index (χ0v) is 15.8. The highest BCUT2D eigenvalue weighted by Gasteiger charge is 2.27. The van der Waals surface area contributed by atoms with Gasteiger partial charge < -0.3 is 4.48 Å². The second-order valence-electron chi connectivity index (χ2n) is 6.80. The molecular formula is C17H38NO3S+. The second kappa shape index (κ2) is 12.3. The van der Waals surface area contributed by atoms with E-state index in [0.717, 1.165) is 0 Å². The Hall–Kier alpha value is -0.130. The third-order valence-corrected chi connectivity index (χ3v) is 4.45. The first-order chi connectivity index (χ1) is 10.3. The van der Waals surface area contributed by atoms with E-state index < -0.39 is 10.1 Å². The molecule has 0 radical (unpaired) electrons. The number of piperidine rings is 1. The van der Waals surface area contributed by atoms with Gasteiger partial charge in [0.05, 0.1) is 32.4 Å². The lowest BCUT2D eigenvalue weighted by Crippen LogP contribution is -2.52. The van der Waals surface area contributed by atoms with Crippen LogP contribution in [0.3, 0.4) is 0 Å². The van der Waals surface area contributed by atoms with Crippen LogP contribution in [0.2, 0.25) is 0 Å². The summed E-state index contributed by atoms with van der Waals surface area (Å²) in [6.07, 6.45) is 15.2. The highest BCUT2D eigenvalue weighted by Crippen LogP contribution is 2.21. The van der Waals surface area contributed by atoms with Crippen molar-refractivity contribution in [3.63, 3.8) is 0 Å². The minimum atomic E-state index is -3.67. The van der Waals surface area contributed by atoms with E-state index >= 15 is 0 Å². The van der Waals surface area contributed by atoms with Crippen LogP contribution in [-0.4, -0.2) is 49.9 Å². The third kappa shape index (κ3) is 13.5. The number of unbranched alkanes of at least 4 members (excludes halogenated alkanes) is 5. The van der Waals surface area contributed by atoms with E-state index in [1.54, 1.807) is 0 Å². The molecule has 0 bridgehead atoms. The van der Waals surface area contributed by atoms with Gasteiger partial charge in [-0.1, -0.05) is 39.5 Å². The molecule has 0 atom stereocenters. The molecule has 134 valence electrons. The fourth-order valence-corrected chi connectivity index (χ4v) is 3.44. The maximum atomic E-state index is 9.19.